The van der Waals surface area contributed by atoms with Crippen molar-refractivity contribution >= 4 is 11.9 Å². The topological polar surface area (TPSA) is 69.4 Å². The van der Waals surface area contributed by atoms with E-state index in [-0.39, 0.29) is 17.5 Å². The molecule has 0 aromatic rings. The average Bonchev–Trinajstić information content (AvgIpc) is 2.72. The molecule has 4 nitrogen and oxygen atoms in total. The van der Waals surface area contributed by atoms with E-state index in [1.165, 1.54) is 12.8 Å². The summed E-state index contributed by atoms with van der Waals surface area (Å²) in [6.45, 7) is 17.1. The van der Waals surface area contributed by atoms with Gasteiger partial charge in [0.05, 0.1) is 0 Å². The standard InChI is InChI=1S/C14H22O2.C4H7NO/c1-9(2)12(15)16-11-8-10-6-7-14(11,5)13(10,3)4;1-3(2)4(5)6/h10-11H,1,6-8H2,2-5H3;1H2,2H3,(H2,5,6)/t10-,11?,14-;/m1./s1. The van der Waals surface area contributed by atoms with Crippen LogP contribution in [0.3, 0.4) is 0 Å². The summed E-state index contributed by atoms with van der Waals surface area (Å²) in [6, 6.07) is 0. The van der Waals surface area contributed by atoms with Crippen LogP contribution in [-0.4, -0.2) is 18.0 Å². The Bertz CT molecular complexity index is 494. The van der Waals surface area contributed by atoms with Crippen LogP contribution >= 0.6 is 0 Å². The Morgan fingerprint density at radius 1 is 1.14 bits per heavy atom. The summed E-state index contributed by atoms with van der Waals surface area (Å²) in [5.41, 5.74) is 6.05. The number of carbonyl (C=O) groups excluding carboxylic acids is 2. The molecule has 1 amide bonds. The first-order valence-corrected chi connectivity index (χ1v) is 7.75. The van der Waals surface area contributed by atoms with Gasteiger partial charge in [0.2, 0.25) is 5.91 Å². The van der Waals surface area contributed by atoms with Gasteiger partial charge in [-0.3, -0.25) is 4.79 Å². The smallest absolute Gasteiger partial charge is 0.333 e. The number of rotatable bonds is 3. The molecule has 2 N–H and O–H groups in total. The zero-order valence-electron chi connectivity index (χ0n) is 14.5. The Balaban J connectivity index is 0.000000346. The molecule has 22 heavy (non-hydrogen) atoms. The molecule has 0 aliphatic heterocycles. The van der Waals surface area contributed by atoms with E-state index in [1.807, 2.05) is 0 Å². The van der Waals surface area contributed by atoms with E-state index in [1.54, 1.807) is 13.8 Å². The predicted octanol–water partition coefficient (Wildman–Crippen LogP) is 3.37. The second-order valence-corrected chi connectivity index (χ2v) is 7.43. The third-order valence-electron chi connectivity index (χ3n) is 5.73. The number of hydrogen-bond donors (Lipinski definition) is 1. The minimum absolute atomic E-state index is 0.0884. The molecular weight excluding hydrogens is 278 g/mol. The molecular formula is C18H29NO3. The van der Waals surface area contributed by atoms with Gasteiger partial charge < -0.3 is 10.5 Å². The van der Waals surface area contributed by atoms with Crippen LogP contribution in [0.15, 0.2) is 24.3 Å². The number of esters is 1. The lowest BCUT2D eigenvalue weighted by Crippen LogP contribution is -2.38. The summed E-state index contributed by atoms with van der Waals surface area (Å²) in [5, 5.41) is 0. The summed E-state index contributed by atoms with van der Waals surface area (Å²) < 4.78 is 5.61. The zero-order valence-corrected chi connectivity index (χ0v) is 14.5. The number of carbonyl (C=O) groups is 2. The van der Waals surface area contributed by atoms with Crippen LogP contribution < -0.4 is 5.73 Å². The van der Waals surface area contributed by atoms with Crippen molar-refractivity contribution in [2.45, 2.75) is 60.0 Å². The van der Waals surface area contributed by atoms with Crippen LogP contribution in [-0.2, 0) is 14.3 Å². The molecule has 2 bridgehead atoms. The van der Waals surface area contributed by atoms with Crippen molar-refractivity contribution in [3.8, 4) is 0 Å². The molecule has 3 atom stereocenters. The molecule has 124 valence electrons. The molecule has 2 aliphatic rings. The lowest BCUT2D eigenvalue weighted by atomic mass is 9.70. The van der Waals surface area contributed by atoms with Crippen molar-refractivity contribution in [2.24, 2.45) is 22.5 Å². The van der Waals surface area contributed by atoms with Gasteiger partial charge in [-0.2, -0.15) is 0 Å². The van der Waals surface area contributed by atoms with Gasteiger partial charge in [0, 0.05) is 16.6 Å². The summed E-state index contributed by atoms with van der Waals surface area (Å²) in [7, 11) is 0. The van der Waals surface area contributed by atoms with E-state index in [2.05, 4.69) is 33.9 Å². The van der Waals surface area contributed by atoms with E-state index >= 15 is 0 Å². The number of hydrogen-bond acceptors (Lipinski definition) is 3. The van der Waals surface area contributed by atoms with Crippen LogP contribution in [0.2, 0.25) is 0 Å². The Hall–Kier alpha value is -1.58. The maximum atomic E-state index is 11.6. The quantitative estimate of drug-likeness (QED) is 0.642. The van der Waals surface area contributed by atoms with E-state index in [9.17, 15) is 9.59 Å². The van der Waals surface area contributed by atoms with Crippen molar-refractivity contribution in [3.05, 3.63) is 24.3 Å². The second-order valence-electron chi connectivity index (χ2n) is 7.43. The summed E-state index contributed by atoms with van der Waals surface area (Å²) in [4.78, 5) is 21.4. The highest BCUT2D eigenvalue weighted by Crippen LogP contribution is 2.66. The Morgan fingerprint density at radius 2 is 1.64 bits per heavy atom. The molecule has 0 saturated heterocycles. The number of nitrogens with two attached hydrogens (primary N) is 1. The monoisotopic (exact) mass is 307 g/mol. The number of fused-ring (bicyclic) bond motifs is 2. The van der Waals surface area contributed by atoms with E-state index in [0.29, 0.717) is 22.5 Å². The Kier molecular flexibility index (Phi) is 5.26. The number of ether oxygens (including phenoxy) is 1. The maximum Gasteiger partial charge on any atom is 0.333 e. The number of primary amides is 1. The van der Waals surface area contributed by atoms with Crippen LogP contribution in [0.25, 0.3) is 0 Å². The van der Waals surface area contributed by atoms with Crippen LogP contribution in [0.1, 0.15) is 53.9 Å². The fourth-order valence-corrected chi connectivity index (χ4v) is 3.54. The summed E-state index contributed by atoms with van der Waals surface area (Å²) in [6.07, 6.45) is 3.58. The molecule has 0 aromatic carbocycles. The molecule has 0 radical (unpaired) electrons. The molecule has 0 spiro atoms. The normalized spacial score (nSPS) is 31.0. The Labute approximate surface area is 133 Å². The van der Waals surface area contributed by atoms with E-state index in [0.717, 1.165) is 6.42 Å². The van der Waals surface area contributed by atoms with E-state index < -0.39 is 5.91 Å². The van der Waals surface area contributed by atoms with Crippen molar-refractivity contribution in [1.29, 1.82) is 0 Å². The molecule has 2 rings (SSSR count). The molecule has 0 aromatic heterocycles. The minimum atomic E-state index is -0.435. The second kappa shape index (κ2) is 6.27. The van der Waals surface area contributed by atoms with Crippen molar-refractivity contribution in [3.63, 3.8) is 0 Å². The van der Waals surface area contributed by atoms with Crippen LogP contribution in [0, 0.1) is 16.7 Å². The van der Waals surface area contributed by atoms with Gasteiger partial charge in [-0.05, 0) is 44.4 Å². The van der Waals surface area contributed by atoms with Crippen LogP contribution in [0.5, 0.6) is 0 Å². The molecule has 4 heteroatoms. The maximum absolute atomic E-state index is 11.6. The first-order chi connectivity index (χ1) is 9.93. The Morgan fingerprint density at radius 3 is 1.91 bits per heavy atom. The fourth-order valence-electron chi connectivity index (χ4n) is 3.54. The van der Waals surface area contributed by atoms with Crippen molar-refractivity contribution < 1.29 is 14.3 Å². The zero-order chi connectivity index (χ0) is 17.3. The average molecular weight is 307 g/mol. The minimum Gasteiger partial charge on any atom is -0.458 e. The molecule has 2 fully saturated rings. The van der Waals surface area contributed by atoms with Gasteiger partial charge in [0.25, 0.3) is 0 Å². The van der Waals surface area contributed by atoms with Gasteiger partial charge in [0.15, 0.2) is 0 Å². The molecule has 2 saturated carbocycles. The largest absolute Gasteiger partial charge is 0.458 e. The van der Waals surface area contributed by atoms with Gasteiger partial charge in [0.1, 0.15) is 6.10 Å². The molecule has 0 heterocycles. The lowest BCUT2D eigenvalue weighted by molar-refractivity contribution is -0.151. The lowest BCUT2D eigenvalue weighted by Gasteiger charge is -2.38. The van der Waals surface area contributed by atoms with Gasteiger partial charge in [-0.25, -0.2) is 4.79 Å². The highest BCUT2D eigenvalue weighted by molar-refractivity contribution is 5.90. The van der Waals surface area contributed by atoms with Gasteiger partial charge in [-0.1, -0.05) is 33.9 Å². The predicted molar refractivity (Wildman–Crippen MR) is 87.9 cm³/mol. The van der Waals surface area contributed by atoms with Gasteiger partial charge in [-0.15, -0.1) is 0 Å². The third kappa shape index (κ3) is 3.26. The highest BCUT2D eigenvalue weighted by Gasteiger charge is 2.62. The third-order valence-corrected chi connectivity index (χ3v) is 5.73. The van der Waals surface area contributed by atoms with Crippen molar-refractivity contribution in [2.75, 3.05) is 0 Å². The SMILES string of the molecule is C=C(C)C(=O)OC1C[C@H]2CC[C@@]1(C)C2(C)C.C=C(C)C(N)=O. The van der Waals surface area contributed by atoms with Gasteiger partial charge >= 0.3 is 5.97 Å². The summed E-state index contributed by atoms with van der Waals surface area (Å²) in [5.74, 6) is 0.0463. The number of amides is 1. The fraction of sp³-hybridized carbons (Fsp3) is 0.667. The molecule has 2 aliphatic carbocycles. The molecule has 1 unspecified atom stereocenters. The van der Waals surface area contributed by atoms with Crippen molar-refractivity contribution in [1.82, 2.24) is 0 Å². The van der Waals surface area contributed by atoms with E-state index in [4.69, 9.17) is 10.5 Å². The first-order valence-electron chi connectivity index (χ1n) is 7.75. The first kappa shape index (κ1) is 18.5. The van der Waals surface area contributed by atoms with Crippen LogP contribution in [0.4, 0.5) is 0 Å². The summed E-state index contributed by atoms with van der Waals surface area (Å²) >= 11 is 0. The highest BCUT2D eigenvalue weighted by atomic mass is 16.5.